The van der Waals surface area contributed by atoms with Crippen molar-refractivity contribution in [2.75, 3.05) is 13.6 Å². The first kappa shape index (κ1) is 14.4. The second-order valence-electron chi connectivity index (χ2n) is 6.17. The Balaban J connectivity index is 2.08. The minimum absolute atomic E-state index is 0.0921. The molecule has 1 saturated carbocycles. The van der Waals surface area contributed by atoms with Gasteiger partial charge in [-0.2, -0.15) is 0 Å². The molecule has 0 saturated heterocycles. The fraction of sp³-hybridized carbons (Fsp3) is 0.647. The molecular formula is C17H27NO. The molecule has 106 valence electrons. The van der Waals surface area contributed by atoms with Gasteiger partial charge in [0.05, 0.1) is 0 Å². The second kappa shape index (κ2) is 5.96. The summed E-state index contributed by atoms with van der Waals surface area (Å²) in [6.07, 6.45) is 4.79. The van der Waals surface area contributed by atoms with E-state index in [-0.39, 0.29) is 5.60 Å². The van der Waals surface area contributed by atoms with Crippen molar-refractivity contribution in [2.45, 2.75) is 58.0 Å². The fourth-order valence-corrected chi connectivity index (χ4v) is 2.94. The molecule has 2 nitrogen and oxygen atoms in total. The lowest BCUT2D eigenvalue weighted by atomic mass is 9.77. The van der Waals surface area contributed by atoms with Crippen LogP contribution in [0.2, 0.25) is 0 Å². The van der Waals surface area contributed by atoms with Gasteiger partial charge in [0.25, 0.3) is 0 Å². The molecule has 0 bridgehead atoms. The largest absolute Gasteiger partial charge is 0.487 e. The van der Waals surface area contributed by atoms with Crippen LogP contribution in [0.1, 0.15) is 56.6 Å². The van der Waals surface area contributed by atoms with Gasteiger partial charge in [-0.1, -0.05) is 19.9 Å². The molecule has 0 spiro atoms. The highest BCUT2D eigenvalue weighted by atomic mass is 16.5. The van der Waals surface area contributed by atoms with Gasteiger partial charge >= 0.3 is 0 Å². The van der Waals surface area contributed by atoms with Gasteiger partial charge < -0.3 is 10.1 Å². The van der Waals surface area contributed by atoms with Crippen LogP contribution in [0, 0.1) is 6.92 Å². The molecule has 19 heavy (non-hydrogen) atoms. The summed E-state index contributed by atoms with van der Waals surface area (Å²) in [6, 6.07) is 6.57. The first-order valence-corrected chi connectivity index (χ1v) is 7.50. The van der Waals surface area contributed by atoms with Gasteiger partial charge in [-0.25, -0.2) is 0 Å². The normalized spacial score (nSPS) is 17.3. The lowest BCUT2D eigenvalue weighted by Crippen LogP contribution is -2.45. The lowest BCUT2D eigenvalue weighted by molar-refractivity contribution is -0.0139. The quantitative estimate of drug-likeness (QED) is 0.835. The Bertz CT molecular complexity index is 421. The Morgan fingerprint density at radius 1 is 1.32 bits per heavy atom. The summed E-state index contributed by atoms with van der Waals surface area (Å²) in [7, 11) is 2.01. The summed E-state index contributed by atoms with van der Waals surface area (Å²) in [4.78, 5) is 0. The molecule has 1 N–H and O–H groups in total. The van der Waals surface area contributed by atoms with Gasteiger partial charge in [-0.3, -0.25) is 0 Å². The van der Waals surface area contributed by atoms with Crippen molar-refractivity contribution in [2.24, 2.45) is 0 Å². The summed E-state index contributed by atoms with van der Waals surface area (Å²) in [5, 5.41) is 3.23. The predicted molar refractivity (Wildman–Crippen MR) is 81.0 cm³/mol. The number of aryl methyl sites for hydroxylation is 1. The number of benzene rings is 1. The third-order valence-electron chi connectivity index (χ3n) is 4.29. The van der Waals surface area contributed by atoms with Gasteiger partial charge in [0.15, 0.2) is 0 Å². The van der Waals surface area contributed by atoms with Crippen molar-refractivity contribution in [3.05, 3.63) is 29.3 Å². The van der Waals surface area contributed by atoms with E-state index >= 15 is 0 Å². The second-order valence-corrected chi connectivity index (χ2v) is 6.17. The molecular weight excluding hydrogens is 234 g/mol. The van der Waals surface area contributed by atoms with E-state index in [1.807, 2.05) is 7.05 Å². The van der Waals surface area contributed by atoms with Crippen molar-refractivity contribution in [3.8, 4) is 5.75 Å². The molecule has 0 unspecified atom stereocenters. The average Bonchev–Trinajstić information content (AvgIpc) is 2.32. The first-order chi connectivity index (χ1) is 9.06. The van der Waals surface area contributed by atoms with Gasteiger partial charge in [0.1, 0.15) is 11.4 Å². The highest BCUT2D eigenvalue weighted by molar-refractivity contribution is 5.37. The molecule has 1 aromatic rings. The van der Waals surface area contributed by atoms with Gasteiger partial charge in [0.2, 0.25) is 0 Å². The highest BCUT2D eigenvalue weighted by Gasteiger charge is 2.38. The van der Waals surface area contributed by atoms with Crippen LogP contribution in [0.3, 0.4) is 0 Å². The van der Waals surface area contributed by atoms with E-state index in [9.17, 15) is 0 Å². The summed E-state index contributed by atoms with van der Waals surface area (Å²) in [5.74, 6) is 1.62. The Hall–Kier alpha value is -1.02. The molecule has 2 heteroatoms. The molecule has 0 aliphatic heterocycles. The molecule has 0 atom stereocenters. The van der Waals surface area contributed by atoms with Crippen LogP contribution in [0.5, 0.6) is 5.75 Å². The predicted octanol–water partition coefficient (Wildman–Crippen LogP) is 4.03. The van der Waals surface area contributed by atoms with Gasteiger partial charge in [-0.15, -0.1) is 0 Å². The van der Waals surface area contributed by atoms with E-state index in [1.165, 1.54) is 30.4 Å². The molecule has 1 aromatic carbocycles. The Morgan fingerprint density at radius 3 is 2.53 bits per heavy atom. The molecule has 1 aliphatic carbocycles. The van der Waals surface area contributed by atoms with Crippen LogP contribution in [-0.2, 0) is 0 Å². The third kappa shape index (κ3) is 3.30. The van der Waals surface area contributed by atoms with Crippen molar-refractivity contribution in [1.82, 2.24) is 5.32 Å². The summed E-state index contributed by atoms with van der Waals surface area (Å²) in [5.41, 5.74) is 2.86. The summed E-state index contributed by atoms with van der Waals surface area (Å²) >= 11 is 0. The minimum atomic E-state index is 0.0921. The smallest absolute Gasteiger partial charge is 0.120 e. The molecule has 0 heterocycles. The fourth-order valence-electron chi connectivity index (χ4n) is 2.94. The number of hydrogen-bond donors (Lipinski definition) is 1. The van der Waals surface area contributed by atoms with Crippen molar-refractivity contribution < 1.29 is 4.74 Å². The van der Waals surface area contributed by atoms with Crippen LogP contribution in [0.25, 0.3) is 0 Å². The minimum Gasteiger partial charge on any atom is -0.487 e. The van der Waals surface area contributed by atoms with E-state index in [4.69, 9.17) is 4.74 Å². The Morgan fingerprint density at radius 2 is 2.05 bits per heavy atom. The zero-order chi connectivity index (χ0) is 13.9. The highest BCUT2D eigenvalue weighted by Crippen LogP contribution is 2.39. The molecule has 2 rings (SSSR count). The third-order valence-corrected chi connectivity index (χ3v) is 4.29. The molecule has 0 radical (unpaired) electrons. The topological polar surface area (TPSA) is 21.3 Å². The molecule has 0 aromatic heterocycles. The number of rotatable bonds is 6. The van der Waals surface area contributed by atoms with E-state index < -0.39 is 0 Å². The maximum atomic E-state index is 6.32. The summed E-state index contributed by atoms with van der Waals surface area (Å²) < 4.78 is 6.32. The Labute approximate surface area is 117 Å². The van der Waals surface area contributed by atoms with E-state index in [0.717, 1.165) is 18.7 Å². The van der Waals surface area contributed by atoms with Crippen LogP contribution in [0.4, 0.5) is 0 Å². The average molecular weight is 261 g/mol. The van der Waals surface area contributed by atoms with E-state index in [1.54, 1.807) is 0 Å². The molecule has 1 fully saturated rings. The van der Waals surface area contributed by atoms with E-state index in [0.29, 0.717) is 5.92 Å². The van der Waals surface area contributed by atoms with E-state index in [2.05, 4.69) is 44.3 Å². The maximum Gasteiger partial charge on any atom is 0.120 e. The SMILES string of the molecule is CNCCC1(Oc2ccc(C(C)C)c(C)c2)CCC1. The monoisotopic (exact) mass is 261 g/mol. The maximum absolute atomic E-state index is 6.32. The zero-order valence-corrected chi connectivity index (χ0v) is 12.8. The molecule has 0 amide bonds. The van der Waals surface area contributed by atoms with Crippen LogP contribution >= 0.6 is 0 Å². The standard InChI is InChI=1S/C17H27NO/c1-13(2)16-7-6-15(12-14(16)3)19-17(8-5-9-17)10-11-18-4/h6-7,12-13,18H,5,8-11H2,1-4H3. The zero-order valence-electron chi connectivity index (χ0n) is 12.8. The van der Waals surface area contributed by atoms with Gasteiger partial charge in [0, 0.05) is 0 Å². The van der Waals surface area contributed by atoms with Gasteiger partial charge in [-0.05, 0) is 75.4 Å². The van der Waals surface area contributed by atoms with Crippen LogP contribution in [0.15, 0.2) is 18.2 Å². The lowest BCUT2D eigenvalue weighted by Gasteiger charge is -2.42. The van der Waals surface area contributed by atoms with Crippen LogP contribution in [-0.4, -0.2) is 19.2 Å². The van der Waals surface area contributed by atoms with Crippen LogP contribution < -0.4 is 10.1 Å². The first-order valence-electron chi connectivity index (χ1n) is 7.50. The number of nitrogens with one attached hydrogen (secondary N) is 1. The summed E-state index contributed by atoms with van der Waals surface area (Å²) in [6.45, 7) is 7.69. The Kier molecular flexibility index (Phi) is 4.51. The van der Waals surface area contributed by atoms with Crippen molar-refractivity contribution in [1.29, 1.82) is 0 Å². The van der Waals surface area contributed by atoms with Crippen molar-refractivity contribution >= 4 is 0 Å². The molecule has 1 aliphatic rings. The number of ether oxygens (including phenoxy) is 1. The number of hydrogen-bond acceptors (Lipinski definition) is 2. The van der Waals surface area contributed by atoms with Crippen molar-refractivity contribution in [3.63, 3.8) is 0 Å².